The van der Waals surface area contributed by atoms with Crippen molar-refractivity contribution < 1.29 is 13.5 Å². The Balaban J connectivity index is 2.01. The van der Waals surface area contributed by atoms with Gasteiger partial charge < -0.3 is 10.1 Å². The first-order valence-corrected chi connectivity index (χ1v) is 5.96. The fourth-order valence-electron chi connectivity index (χ4n) is 1.73. The van der Waals surface area contributed by atoms with Crippen LogP contribution in [0.1, 0.15) is 5.56 Å². The number of benzene rings is 2. The number of rotatable bonds is 5. The van der Waals surface area contributed by atoms with Crippen LogP contribution in [0.25, 0.3) is 0 Å². The highest BCUT2D eigenvalue weighted by Gasteiger charge is 2.01. The monoisotopic (exact) mass is 274 g/mol. The Kier molecular flexibility index (Phi) is 4.51. The maximum Gasteiger partial charge on any atom is 0.174 e. The van der Waals surface area contributed by atoms with Crippen molar-refractivity contribution in [3.05, 3.63) is 59.7 Å². The first-order chi connectivity index (χ1) is 9.67. The third-order valence-electron chi connectivity index (χ3n) is 2.56. The number of nitrogens with zero attached hydrogens (tertiary/aromatic N) is 1. The molecule has 2 aromatic rings. The normalized spacial score (nSPS) is 9.85. The second kappa shape index (κ2) is 6.53. The molecule has 0 amide bonds. The molecule has 0 aromatic heterocycles. The van der Waals surface area contributed by atoms with Crippen molar-refractivity contribution >= 4 is 5.69 Å². The molecule has 3 nitrogen and oxygen atoms in total. The molecular weight excluding hydrogens is 262 g/mol. The van der Waals surface area contributed by atoms with Gasteiger partial charge in [0.2, 0.25) is 0 Å². The van der Waals surface area contributed by atoms with Crippen molar-refractivity contribution in [2.75, 3.05) is 11.9 Å². The highest BCUT2D eigenvalue weighted by Crippen LogP contribution is 2.18. The number of nitriles is 1. The van der Waals surface area contributed by atoms with Crippen LogP contribution in [0.5, 0.6) is 5.75 Å². The predicted molar refractivity (Wildman–Crippen MR) is 71.2 cm³/mol. The Morgan fingerprint density at radius 3 is 2.55 bits per heavy atom. The lowest BCUT2D eigenvalue weighted by molar-refractivity contribution is 0.368. The van der Waals surface area contributed by atoms with Crippen LogP contribution in [-0.2, 0) is 6.54 Å². The molecule has 0 aliphatic rings. The summed E-state index contributed by atoms with van der Waals surface area (Å²) in [5, 5.41) is 11.5. The average molecular weight is 274 g/mol. The molecule has 0 aliphatic heterocycles. The van der Waals surface area contributed by atoms with Gasteiger partial charge in [0.15, 0.2) is 6.61 Å². The van der Waals surface area contributed by atoms with Crippen LogP contribution in [0.4, 0.5) is 14.5 Å². The van der Waals surface area contributed by atoms with Gasteiger partial charge in [0.05, 0.1) is 0 Å². The van der Waals surface area contributed by atoms with Crippen LogP contribution in [0.3, 0.4) is 0 Å². The van der Waals surface area contributed by atoms with E-state index in [-0.39, 0.29) is 13.2 Å². The van der Waals surface area contributed by atoms with Crippen LogP contribution >= 0.6 is 0 Å². The summed E-state index contributed by atoms with van der Waals surface area (Å²) in [7, 11) is 0. The number of hydrogen-bond donors (Lipinski definition) is 1. The lowest BCUT2D eigenvalue weighted by Crippen LogP contribution is -2.01. The average Bonchev–Trinajstić information content (AvgIpc) is 2.42. The van der Waals surface area contributed by atoms with E-state index >= 15 is 0 Å². The molecule has 0 aliphatic carbocycles. The fraction of sp³-hybridized carbons (Fsp3) is 0.133. The van der Waals surface area contributed by atoms with Crippen LogP contribution in [-0.4, -0.2) is 6.61 Å². The van der Waals surface area contributed by atoms with Crippen molar-refractivity contribution in [3.8, 4) is 11.8 Å². The van der Waals surface area contributed by atoms with Crippen molar-refractivity contribution in [1.82, 2.24) is 0 Å². The van der Waals surface area contributed by atoms with Gasteiger partial charge in [-0.15, -0.1) is 0 Å². The Bertz CT molecular complexity index is 618. The molecule has 0 saturated heterocycles. The number of halogens is 2. The van der Waals surface area contributed by atoms with Crippen LogP contribution < -0.4 is 10.1 Å². The zero-order valence-electron chi connectivity index (χ0n) is 10.6. The van der Waals surface area contributed by atoms with Gasteiger partial charge in [0.1, 0.15) is 23.5 Å². The molecule has 0 atom stereocenters. The van der Waals surface area contributed by atoms with E-state index in [4.69, 9.17) is 10.00 Å². The molecule has 0 radical (unpaired) electrons. The first-order valence-electron chi connectivity index (χ1n) is 5.96. The minimum Gasteiger partial charge on any atom is -0.479 e. The minimum atomic E-state index is -0.604. The zero-order valence-corrected chi connectivity index (χ0v) is 10.6. The maximum absolute atomic E-state index is 13.0. The van der Waals surface area contributed by atoms with Gasteiger partial charge in [-0.1, -0.05) is 6.07 Å². The van der Waals surface area contributed by atoms with E-state index < -0.39 is 11.6 Å². The van der Waals surface area contributed by atoms with E-state index in [2.05, 4.69) is 5.32 Å². The molecule has 5 heteroatoms. The molecule has 0 spiro atoms. The number of nitrogens with one attached hydrogen (secondary N) is 1. The van der Waals surface area contributed by atoms with E-state index in [1.54, 1.807) is 24.3 Å². The Hall–Kier alpha value is -2.61. The molecule has 0 bridgehead atoms. The van der Waals surface area contributed by atoms with E-state index in [1.165, 1.54) is 12.1 Å². The summed E-state index contributed by atoms with van der Waals surface area (Å²) in [6.45, 7) is 0.259. The first kappa shape index (κ1) is 13.8. The third kappa shape index (κ3) is 3.95. The summed E-state index contributed by atoms with van der Waals surface area (Å²) in [5.74, 6) is -0.650. The molecule has 0 fully saturated rings. The van der Waals surface area contributed by atoms with E-state index in [1.807, 2.05) is 6.07 Å². The summed E-state index contributed by atoms with van der Waals surface area (Å²) in [4.78, 5) is 0. The lowest BCUT2D eigenvalue weighted by Gasteiger charge is -2.09. The highest BCUT2D eigenvalue weighted by atomic mass is 19.1. The van der Waals surface area contributed by atoms with Gasteiger partial charge in [0, 0.05) is 24.4 Å². The summed E-state index contributed by atoms with van der Waals surface area (Å²) in [6, 6.07) is 12.3. The van der Waals surface area contributed by atoms with Gasteiger partial charge in [-0.2, -0.15) is 5.26 Å². The summed E-state index contributed by atoms with van der Waals surface area (Å²) < 4.78 is 31.2. The van der Waals surface area contributed by atoms with E-state index in [9.17, 15) is 8.78 Å². The quantitative estimate of drug-likeness (QED) is 0.907. The summed E-state index contributed by atoms with van der Waals surface area (Å²) in [6.07, 6.45) is 0. The van der Waals surface area contributed by atoms with Gasteiger partial charge in [-0.25, -0.2) is 8.78 Å². The van der Waals surface area contributed by atoms with Gasteiger partial charge >= 0.3 is 0 Å². The molecule has 102 valence electrons. The lowest BCUT2D eigenvalue weighted by atomic mass is 10.2. The Morgan fingerprint density at radius 2 is 1.85 bits per heavy atom. The second-order valence-electron chi connectivity index (χ2n) is 4.11. The smallest absolute Gasteiger partial charge is 0.174 e. The topological polar surface area (TPSA) is 45.0 Å². The molecule has 2 aromatic carbocycles. The van der Waals surface area contributed by atoms with Gasteiger partial charge in [-0.3, -0.25) is 0 Å². The highest BCUT2D eigenvalue weighted by molar-refractivity contribution is 5.48. The maximum atomic E-state index is 13.0. The van der Waals surface area contributed by atoms with Gasteiger partial charge in [-0.05, 0) is 29.8 Å². The van der Waals surface area contributed by atoms with Crippen LogP contribution in [0.15, 0.2) is 42.5 Å². The Morgan fingerprint density at radius 1 is 1.10 bits per heavy atom. The van der Waals surface area contributed by atoms with Crippen LogP contribution in [0, 0.1) is 23.0 Å². The molecule has 0 saturated carbocycles. The van der Waals surface area contributed by atoms with E-state index in [0.29, 0.717) is 11.3 Å². The van der Waals surface area contributed by atoms with Gasteiger partial charge in [0.25, 0.3) is 0 Å². The standard InChI is InChI=1S/C15H12F2N2O/c16-12-6-11(7-13(17)8-12)10-19-14-2-1-3-15(9-14)20-5-4-18/h1-3,6-9,19H,5,10H2. The number of anilines is 1. The van der Waals surface area contributed by atoms with Crippen molar-refractivity contribution in [2.24, 2.45) is 0 Å². The molecule has 0 heterocycles. The minimum absolute atomic E-state index is 0.0292. The van der Waals surface area contributed by atoms with Crippen molar-refractivity contribution in [1.29, 1.82) is 5.26 Å². The van der Waals surface area contributed by atoms with Crippen molar-refractivity contribution in [2.45, 2.75) is 6.54 Å². The third-order valence-corrected chi connectivity index (χ3v) is 2.56. The largest absolute Gasteiger partial charge is 0.479 e. The zero-order chi connectivity index (χ0) is 14.4. The molecule has 1 N–H and O–H groups in total. The van der Waals surface area contributed by atoms with E-state index in [0.717, 1.165) is 11.8 Å². The second-order valence-corrected chi connectivity index (χ2v) is 4.11. The molecular formula is C15H12F2N2O. The fourth-order valence-corrected chi connectivity index (χ4v) is 1.73. The van der Waals surface area contributed by atoms with Crippen molar-refractivity contribution in [3.63, 3.8) is 0 Å². The SMILES string of the molecule is N#CCOc1cccc(NCc2cc(F)cc(F)c2)c1. The van der Waals surface area contributed by atoms with Crippen LogP contribution in [0.2, 0.25) is 0 Å². The summed E-state index contributed by atoms with van der Waals surface area (Å²) >= 11 is 0. The summed E-state index contributed by atoms with van der Waals surface area (Å²) in [5.41, 5.74) is 1.25. The molecule has 0 unspecified atom stereocenters. The number of ether oxygens (including phenoxy) is 1. The molecule has 2 rings (SSSR count). The molecule has 20 heavy (non-hydrogen) atoms. The Labute approximate surface area is 115 Å². The predicted octanol–water partition coefficient (Wildman–Crippen LogP) is 3.48. The number of hydrogen-bond acceptors (Lipinski definition) is 3.